The highest BCUT2D eigenvalue weighted by Crippen LogP contribution is 2.18. The van der Waals surface area contributed by atoms with Crippen LogP contribution in [0.5, 0.6) is 5.75 Å². The van der Waals surface area contributed by atoms with Crippen LogP contribution in [0.2, 0.25) is 0 Å². The zero-order chi connectivity index (χ0) is 22.2. The Kier molecular flexibility index (Phi) is 7.22. The van der Waals surface area contributed by atoms with Crippen LogP contribution in [0.1, 0.15) is 22.8 Å². The maximum atomic E-state index is 12.4. The van der Waals surface area contributed by atoms with Gasteiger partial charge in [-0.15, -0.1) is 0 Å². The van der Waals surface area contributed by atoms with Crippen molar-refractivity contribution >= 4 is 23.4 Å². The summed E-state index contributed by atoms with van der Waals surface area (Å²) >= 11 is 0. The second kappa shape index (κ2) is 10.2. The molecule has 0 aliphatic carbocycles. The Morgan fingerprint density at radius 1 is 1.03 bits per heavy atom. The number of amides is 1. The molecule has 0 bridgehead atoms. The number of carbonyl (C=O) groups is 2. The summed E-state index contributed by atoms with van der Waals surface area (Å²) in [6, 6.07) is 20.0. The van der Waals surface area contributed by atoms with Crippen LogP contribution in [0.4, 0.5) is 11.5 Å². The van der Waals surface area contributed by atoms with Crippen molar-refractivity contribution < 1.29 is 19.1 Å². The van der Waals surface area contributed by atoms with Gasteiger partial charge in [-0.1, -0.05) is 30.3 Å². The lowest BCUT2D eigenvalue weighted by molar-refractivity contribution is -0.123. The van der Waals surface area contributed by atoms with E-state index in [2.05, 4.69) is 10.3 Å². The van der Waals surface area contributed by atoms with Gasteiger partial charge in [0.2, 0.25) is 0 Å². The van der Waals surface area contributed by atoms with Crippen LogP contribution >= 0.6 is 0 Å². The number of esters is 1. The van der Waals surface area contributed by atoms with Crippen molar-refractivity contribution in [1.29, 1.82) is 0 Å². The fourth-order valence-corrected chi connectivity index (χ4v) is 2.69. The maximum absolute atomic E-state index is 12.4. The third kappa shape index (κ3) is 6.30. The number of hydrogen-bond donors (Lipinski definition) is 1. The van der Waals surface area contributed by atoms with Gasteiger partial charge in [-0.2, -0.15) is 0 Å². The van der Waals surface area contributed by atoms with E-state index in [1.165, 1.54) is 13.1 Å². The molecule has 1 heterocycles. The Morgan fingerprint density at radius 2 is 1.74 bits per heavy atom. The first-order valence-corrected chi connectivity index (χ1v) is 9.84. The summed E-state index contributed by atoms with van der Waals surface area (Å²) < 4.78 is 11.0. The molecule has 3 aromatic rings. The number of nitrogens with zero attached hydrogens (tertiary/aromatic N) is 2. The summed E-state index contributed by atoms with van der Waals surface area (Å²) in [6.45, 7) is 1.99. The van der Waals surface area contributed by atoms with E-state index < -0.39 is 18.0 Å². The van der Waals surface area contributed by atoms with Crippen LogP contribution in [0, 0.1) is 0 Å². The minimum absolute atomic E-state index is 0.332. The molecule has 1 N–H and O–H groups in total. The van der Waals surface area contributed by atoms with E-state index in [-0.39, 0.29) is 0 Å². The van der Waals surface area contributed by atoms with Crippen molar-refractivity contribution in [3.05, 3.63) is 84.1 Å². The largest absolute Gasteiger partial charge is 0.489 e. The standard InChI is InChI=1S/C24H25N3O4/c1-17(31-24(29)19-13-14-25-22(15-19)27(2)3)23(28)26-20-9-11-21(12-10-20)30-16-18-7-5-4-6-8-18/h4-15,17H,16H2,1-3H3,(H,26,28)/t17-/m1/s1. The van der Waals surface area contributed by atoms with E-state index in [9.17, 15) is 9.59 Å². The summed E-state index contributed by atoms with van der Waals surface area (Å²) in [4.78, 5) is 30.7. The molecule has 1 atom stereocenters. The lowest BCUT2D eigenvalue weighted by Crippen LogP contribution is -2.30. The lowest BCUT2D eigenvalue weighted by Gasteiger charge is -2.15. The fraction of sp³-hybridized carbons (Fsp3) is 0.208. The van der Waals surface area contributed by atoms with Gasteiger partial charge in [0.05, 0.1) is 5.56 Å². The predicted octanol–water partition coefficient (Wildman–Crippen LogP) is 3.91. The van der Waals surface area contributed by atoms with Crippen molar-refractivity contribution in [2.45, 2.75) is 19.6 Å². The molecule has 0 unspecified atom stereocenters. The molecule has 160 valence electrons. The van der Waals surface area contributed by atoms with Crippen molar-refractivity contribution in [3.63, 3.8) is 0 Å². The molecule has 0 aliphatic rings. The van der Waals surface area contributed by atoms with Crippen molar-refractivity contribution in [2.24, 2.45) is 0 Å². The Balaban J connectivity index is 1.52. The highest BCUT2D eigenvalue weighted by Gasteiger charge is 2.19. The van der Waals surface area contributed by atoms with Gasteiger partial charge in [-0.3, -0.25) is 4.79 Å². The van der Waals surface area contributed by atoms with Gasteiger partial charge in [0.25, 0.3) is 5.91 Å². The second-order valence-corrected chi connectivity index (χ2v) is 7.13. The predicted molar refractivity (Wildman–Crippen MR) is 119 cm³/mol. The zero-order valence-electron chi connectivity index (χ0n) is 17.7. The molecule has 3 rings (SSSR count). The molecular weight excluding hydrogens is 394 g/mol. The van der Waals surface area contributed by atoms with Crippen LogP contribution < -0.4 is 15.0 Å². The number of rotatable bonds is 8. The number of pyridine rings is 1. The molecule has 0 fully saturated rings. The number of aromatic nitrogens is 1. The summed E-state index contributed by atoms with van der Waals surface area (Å²) in [5, 5.41) is 2.74. The van der Waals surface area contributed by atoms with Gasteiger partial charge >= 0.3 is 5.97 Å². The first-order valence-electron chi connectivity index (χ1n) is 9.84. The number of carbonyl (C=O) groups excluding carboxylic acids is 2. The highest BCUT2D eigenvalue weighted by atomic mass is 16.5. The van der Waals surface area contributed by atoms with Crippen LogP contribution in [0.15, 0.2) is 72.9 Å². The topological polar surface area (TPSA) is 80.8 Å². The van der Waals surface area contributed by atoms with Gasteiger partial charge in [-0.05, 0) is 48.9 Å². The number of benzene rings is 2. The second-order valence-electron chi connectivity index (χ2n) is 7.13. The Morgan fingerprint density at radius 3 is 2.42 bits per heavy atom. The first kappa shape index (κ1) is 21.8. The molecule has 0 aliphatic heterocycles. The van der Waals surface area contributed by atoms with E-state index in [4.69, 9.17) is 9.47 Å². The highest BCUT2D eigenvalue weighted by molar-refractivity contribution is 5.97. The third-order valence-corrected chi connectivity index (χ3v) is 4.46. The van der Waals surface area contributed by atoms with Gasteiger partial charge in [0.15, 0.2) is 6.10 Å². The summed E-state index contributed by atoms with van der Waals surface area (Å²) in [7, 11) is 3.65. The average molecular weight is 419 g/mol. The maximum Gasteiger partial charge on any atom is 0.339 e. The molecule has 7 heteroatoms. The van der Waals surface area contributed by atoms with Crippen LogP contribution in [0.3, 0.4) is 0 Å². The lowest BCUT2D eigenvalue weighted by atomic mass is 10.2. The monoisotopic (exact) mass is 419 g/mol. The van der Waals surface area contributed by atoms with Gasteiger partial charge in [0.1, 0.15) is 18.2 Å². The molecule has 1 amide bonds. The van der Waals surface area contributed by atoms with E-state index in [0.717, 1.165) is 5.56 Å². The smallest absolute Gasteiger partial charge is 0.339 e. The molecule has 0 radical (unpaired) electrons. The van der Waals surface area contributed by atoms with Crippen LogP contribution in [-0.4, -0.2) is 37.1 Å². The molecule has 1 aromatic heterocycles. The molecular formula is C24H25N3O4. The average Bonchev–Trinajstić information content (AvgIpc) is 2.79. The molecule has 0 spiro atoms. The zero-order valence-corrected chi connectivity index (χ0v) is 17.7. The van der Waals surface area contributed by atoms with E-state index in [1.54, 1.807) is 41.3 Å². The SMILES string of the molecule is C[C@@H](OC(=O)c1ccnc(N(C)C)c1)C(=O)Nc1ccc(OCc2ccccc2)cc1. The van der Waals surface area contributed by atoms with Gasteiger partial charge in [0, 0.05) is 26.0 Å². The summed E-state index contributed by atoms with van der Waals surface area (Å²) in [5.41, 5.74) is 1.99. The van der Waals surface area contributed by atoms with E-state index in [0.29, 0.717) is 29.4 Å². The molecule has 2 aromatic carbocycles. The number of hydrogen-bond acceptors (Lipinski definition) is 6. The molecule has 0 saturated heterocycles. The number of anilines is 2. The van der Waals surface area contributed by atoms with E-state index in [1.807, 2.05) is 44.4 Å². The van der Waals surface area contributed by atoms with Gasteiger partial charge < -0.3 is 19.7 Å². The molecule has 31 heavy (non-hydrogen) atoms. The minimum Gasteiger partial charge on any atom is -0.489 e. The normalized spacial score (nSPS) is 11.3. The summed E-state index contributed by atoms with van der Waals surface area (Å²) in [6.07, 6.45) is 0.565. The Hall–Kier alpha value is -3.87. The number of nitrogens with one attached hydrogen (secondary N) is 1. The fourth-order valence-electron chi connectivity index (χ4n) is 2.69. The first-order chi connectivity index (χ1) is 14.9. The summed E-state index contributed by atoms with van der Waals surface area (Å²) in [5.74, 6) is 0.308. The minimum atomic E-state index is -0.961. The van der Waals surface area contributed by atoms with Crippen LogP contribution in [-0.2, 0) is 16.1 Å². The van der Waals surface area contributed by atoms with Crippen molar-refractivity contribution in [2.75, 3.05) is 24.3 Å². The Labute approximate surface area is 181 Å². The third-order valence-electron chi connectivity index (χ3n) is 4.46. The molecule has 0 saturated carbocycles. The van der Waals surface area contributed by atoms with Crippen LogP contribution in [0.25, 0.3) is 0 Å². The quantitative estimate of drug-likeness (QED) is 0.558. The molecule has 7 nitrogen and oxygen atoms in total. The van der Waals surface area contributed by atoms with Crippen molar-refractivity contribution in [1.82, 2.24) is 4.98 Å². The number of ether oxygens (including phenoxy) is 2. The van der Waals surface area contributed by atoms with E-state index >= 15 is 0 Å². The van der Waals surface area contributed by atoms with Crippen molar-refractivity contribution in [3.8, 4) is 5.75 Å². The Bertz CT molecular complexity index is 1020. The van der Waals surface area contributed by atoms with Gasteiger partial charge in [-0.25, -0.2) is 9.78 Å².